The van der Waals surface area contributed by atoms with Crippen molar-refractivity contribution < 1.29 is 50.6 Å². The third kappa shape index (κ3) is 6.48. The minimum absolute atomic E-state index is 0.100. The molecule has 1 saturated carbocycles. The molecule has 2 aliphatic heterocycles. The van der Waals surface area contributed by atoms with Crippen molar-refractivity contribution in [2.24, 2.45) is 23.7 Å². The number of carbonyl (C=O) groups excluding carboxylic acids is 4. The molecular weight excluding hydrogens is 933 g/mol. The summed E-state index contributed by atoms with van der Waals surface area (Å²) in [6.45, 7) is 0. The van der Waals surface area contributed by atoms with Crippen LogP contribution in [0.4, 0.5) is 38.0 Å². The van der Waals surface area contributed by atoms with Gasteiger partial charge in [-0.1, -0.05) is 74.5 Å². The summed E-state index contributed by atoms with van der Waals surface area (Å²) in [4.78, 5) is 66.4. The molecule has 21 heteroatoms. The fourth-order valence-corrected chi connectivity index (χ4v) is 10.0. The van der Waals surface area contributed by atoms with E-state index in [4.69, 9.17) is 34.8 Å². The zero-order chi connectivity index (χ0) is 43.4. The highest BCUT2D eigenvalue weighted by molar-refractivity contribution is 9.10. The number of fused-ring (bicyclic) bond motifs is 4. The number of nitrogens with one attached hydrogen (secondary N) is 1. The maximum absolute atomic E-state index is 15.3. The number of anilines is 2. The SMILES string of the molecule is CN(c1nc(C(F)(F)F)ccc1Cl)N1C(=O)C2CC=C3C(CC4C(=O)N(Nc5ncc(C(F)(F)F)cc5Cl)C(=O)C4(c4ccc(Cl)cc4)C3c3cc(Br)ccc3O)C2C1=O. The molecule has 4 aromatic rings. The van der Waals surface area contributed by atoms with Crippen molar-refractivity contribution in [3.63, 3.8) is 0 Å². The number of aromatic nitrogens is 2. The Balaban J connectivity index is 1.28. The molecular formula is C39H26BrCl3F6N6O5. The standard InChI is InChI=1S/C39H26BrCl3F6N6O5/c1-53(32-25(42)9-11-28(51-32)39(47,48)49)55-33(57)21-8-7-20-22(29(21)35(55)59)14-24-34(58)54(52-31-26(43)12-17(15-50-31)38(44,45)46)36(60)37(24,16-2-5-19(41)6-3-16)30(20)23-13-18(40)4-10-27(23)56/h2-7,9-13,15,21-22,24,29-30,56H,8,14H2,1H3,(H,50,52). The first-order valence-electron chi connectivity index (χ1n) is 17.8. The van der Waals surface area contributed by atoms with Gasteiger partial charge in [-0.2, -0.15) is 36.4 Å². The molecule has 6 unspecified atom stereocenters. The second kappa shape index (κ2) is 14.6. The van der Waals surface area contributed by atoms with Gasteiger partial charge in [-0.05, 0) is 72.9 Å². The van der Waals surface area contributed by atoms with Crippen LogP contribution in [-0.4, -0.2) is 55.8 Å². The van der Waals surface area contributed by atoms with E-state index in [1.54, 1.807) is 6.08 Å². The largest absolute Gasteiger partial charge is 0.508 e. The highest BCUT2D eigenvalue weighted by Crippen LogP contribution is 2.65. The zero-order valence-electron chi connectivity index (χ0n) is 30.3. The lowest BCUT2D eigenvalue weighted by atomic mass is 9.49. The Labute approximate surface area is 359 Å². The van der Waals surface area contributed by atoms with Gasteiger partial charge in [0.15, 0.2) is 11.6 Å². The van der Waals surface area contributed by atoms with Gasteiger partial charge in [-0.3, -0.25) is 29.6 Å². The third-order valence-corrected chi connectivity index (χ3v) is 12.9. The highest BCUT2D eigenvalue weighted by atomic mass is 79.9. The molecule has 0 bridgehead atoms. The topological polar surface area (TPSA) is 136 Å². The number of amides is 4. The Hall–Kier alpha value is -4.91. The second-order valence-electron chi connectivity index (χ2n) is 14.6. The Kier molecular flexibility index (Phi) is 10.2. The highest BCUT2D eigenvalue weighted by Gasteiger charge is 2.71. The van der Waals surface area contributed by atoms with E-state index in [0.717, 1.165) is 18.1 Å². The summed E-state index contributed by atoms with van der Waals surface area (Å²) in [6, 6.07) is 12.6. The lowest BCUT2D eigenvalue weighted by Gasteiger charge is -2.50. The molecule has 2 aliphatic carbocycles. The molecule has 312 valence electrons. The smallest absolute Gasteiger partial charge is 0.433 e. The van der Waals surface area contributed by atoms with Crippen molar-refractivity contribution in [2.75, 3.05) is 17.5 Å². The van der Waals surface area contributed by atoms with E-state index in [9.17, 15) is 45.8 Å². The minimum atomic E-state index is -4.89. The van der Waals surface area contributed by atoms with Gasteiger partial charge < -0.3 is 5.11 Å². The van der Waals surface area contributed by atoms with Crippen LogP contribution in [0.25, 0.3) is 0 Å². The van der Waals surface area contributed by atoms with E-state index in [1.165, 1.54) is 42.5 Å². The summed E-state index contributed by atoms with van der Waals surface area (Å²) in [7, 11) is 1.16. The van der Waals surface area contributed by atoms with Crippen LogP contribution < -0.4 is 10.4 Å². The van der Waals surface area contributed by atoms with E-state index in [-0.39, 0.29) is 39.8 Å². The summed E-state index contributed by atoms with van der Waals surface area (Å²) in [5.74, 6) is -10.7. The van der Waals surface area contributed by atoms with Gasteiger partial charge in [0.05, 0.1) is 38.8 Å². The van der Waals surface area contributed by atoms with Gasteiger partial charge in [-0.15, -0.1) is 0 Å². The number of phenolic OH excluding ortho intramolecular Hbond substituents is 1. The molecule has 2 saturated heterocycles. The predicted octanol–water partition coefficient (Wildman–Crippen LogP) is 8.98. The van der Waals surface area contributed by atoms with Crippen LogP contribution in [0.1, 0.15) is 41.1 Å². The van der Waals surface area contributed by atoms with Crippen molar-refractivity contribution in [3.05, 3.63) is 120 Å². The van der Waals surface area contributed by atoms with Gasteiger partial charge in [0, 0.05) is 34.2 Å². The van der Waals surface area contributed by atoms with Gasteiger partial charge in [0.2, 0.25) is 0 Å². The number of pyridine rings is 2. The number of carbonyl (C=O) groups is 4. The Bertz CT molecular complexity index is 2550. The van der Waals surface area contributed by atoms with Gasteiger partial charge >= 0.3 is 12.4 Å². The molecule has 4 amide bonds. The molecule has 11 nitrogen and oxygen atoms in total. The van der Waals surface area contributed by atoms with Crippen LogP contribution in [0, 0.1) is 23.7 Å². The van der Waals surface area contributed by atoms with E-state index in [2.05, 4.69) is 31.3 Å². The molecule has 2 aromatic carbocycles. The summed E-state index contributed by atoms with van der Waals surface area (Å²) >= 11 is 22.2. The van der Waals surface area contributed by atoms with Gasteiger partial charge in [-0.25, -0.2) is 9.97 Å². The molecule has 6 atom stereocenters. The lowest BCUT2D eigenvalue weighted by Crippen LogP contribution is -2.53. The van der Waals surface area contributed by atoms with E-state index >= 15 is 4.79 Å². The molecule has 4 heterocycles. The molecule has 4 aliphatic rings. The number of alkyl halides is 6. The maximum atomic E-state index is 15.3. The number of halogens is 10. The van der Waals surface area contributed by atoms with Crippen LogP contribution in [0.15, 0.2) is 83.0 Å². The van der Waals surface area contributed by atoms with Crippen molar-refractivity contribution in [3.8, 4) is 5.75 Å². The first-order valence-corrected chi connectivity index (χ1v) is 19.8. The Morgan fingerprint density at radius 2 is 1.58 bits per heavy atom. The molecule has 0 spiro atoms. The van der Waals surface area contributed by atoms with Crippen LogP contribution in [0.5, 0.6) is 5.75 Å². The molecule has 0 radical (unpaired) electrons. The monoisotopic (exact) mass is 956 g/mol. The van der Waals surface area contributed by atoms with Crippen molar-refractivity contribution >= 4 is 86.0 Å². The summed E-state index contributed by atoms with van der Waals surface area (Å²) in [6.07, 6.45) is -7.94. The molecule has 2 aromatic heterocycles. The molecule has 3 fully saturated rings. The van der Waals surface area contributed by atoms with Crippen LogP contribution in [-0.2, 0) is 36.9 Å². The zero-order valence-corrected chi connectivity index (χ0v) is 34.2. The van der Waals surface area contributed by atoms with E-state index in [1.807, 2.05) is 0 Å². The molecule has 60 heavy (non-hydrogen) atoms. The van der Waals surface area contributed by atoms with Crippen molar-refractivity contribution in [1.82, 2.24) is 20.0 Å². The lowest BCUT2D eigenvalue weighted by molar-refractivity contribution is -0.142. The number of phenols is 1. The first kappa shape index (κ1) is 41.8. The van der Waals surface area contributed by atoms with E-state index < -0.39 is 98.9 Å². The second-order valence-corrected chi connectivity index (χ2v) is 16.8. The number of hydrazine groups is 2. The first-order chi connectivity index (χ1) is 28.2. The Morgan fingerprint density at radius 1 is 0.883 bits per heavy atom. The number of nitrogens with zero attached hydrogens (tertiary/aromatic N) is 5. The number of hydrogen-bond acceptors (Lipinski definition) is 9. The number of hydrogen-bond donors (Lipinski definition) is 2. The van der Waals surface area contributed by atoms with Crippen LogP contribution >= 0.6 is 50.7 Å². The van der Waals surface area contributed by atoms with E-state index in [0.29, 0.717) is 38.4 Å². The maximum Gasteiger partial charge on any atom is 0.433 e. The number of imide groups is 2. The van der Waals surface area contributed by atoms with Crippen LogP contribution in [0.2, 0.25) is 15.1 Å². The van der Waals surface area contributed by atoms with Crippen LogP contribution in [0.3, 0.4) is 0 Å². The average molecular weight is 959 g/mol. The van der Waals surface area contributed by atoms with Crippen molar-refractivity contribution in [2.45, 2.75) is 36.5 Å². The Morgan fingerprint density at radius 3 is 2.23 bits per heavy atom. The quantitative estimate of drug-likeness (QED) is 0.110. The number of aromatic hydroxyl groups is 1. The fourth-order valence-electron chi connectivity index (χ4n) is 9.07. The number of benzene rings is 2. The average Bonchev–Trinajstić information content (AvgIpc) is 3.56. The van der Waals surface area contributed by atoms with Gasteiger partial charge in [0.25, 0.3) is 23.6 Å². The fraction of sp³-hybridized carbons (Fsp3) is 0.282. The number of allylic oxidation sites excluding steroid dienone is 2. The normalized spacial score (nSPS) is 25.2. The minimum Gasteiger partial charge on any atom is -0.508 e. The van der Waals surface area contributed by atoms with Gasteiger partial charge in [0.1, 0.15) is 11.4 Å². The van der Waals surface area contributed by atoms with Crippen molar-refractivity contribution in [1.29, 1.82) is 0 Å². The molecule has 2 N–H and O–H groups in total. The summed E-state index contributed by atoms with van der Waals surface area (Å²) in [5.41, 5.74) is -1.17. The predicted molar refractivity (Wildman–Crippen MR) is 207 cm³/mol. The summed E-state index contributed by atoms with van der Waals surface area (Å²) < 4.78 is 82.1. The summed E-state index contributed by atoms with van der Waals surface area (Å²) in [5, 5.41) is 13.1. The number of rotatable bonds is 6. The third-order valence-electron chi connectivity index (χ3n) is 11.6. The molecule has 8 rings (SSSR count).